The molecular weight excluding hydrogens is 247 g/mol. The zero-order valence-electron chi connectivity index (χ0n) is 8.87. The number of carbonyl (C=O) groups excluding carboxylic acids is 1. The van der Waals surface area contributed by atoms with Gasteiger partial charge in [0.2, 0.25) is 0 Å². The maximum absolute atomic E-state index is 12.8. The van der Waals surface area contributed by atoms with Gasteiger partial charge < -0.3 is 0 Å². The third-order valence-corrected chi connectivity index (χ3v) is 2.98. The molecule has 0 fully saturated rings. The molecule has 0 bridgehead atoms. The molecule has 0 atom stereocenters. The summed E-state index contributed by atoms with van der Waals surface area (Å²) in [5.41, 5.74) is 0.860. The first-order valence-corrected chi connectivity index (χ1v) is 6.21. The molecule has 1 aromatic carbocycles. The van der Waals surface area contributed by atoms with Crippen molar-refractivity contribution in [3.63, 3.8) is 0 Å². The standard InChI is InChI=1S/C12H12ClFOS/c1-9(15)16-7-3-2-4-10-5-6-12(14)11(13)8-10/h2,4-6,8H,3,7H2,1H3. The molecule has 0 aliphatic rings. The Morgan fingerprint density at radius 2 is 2.31 bits per heavy atom. The average molecular weight is 259 g/mol. The number of halogens is 2. The fourth-order valence-corrected chi connectivity index (χ4v) is 1.84. The number of thioether (sulfide) groups is 1. The number of benzene rings is 1. The van der Waals surface area contributed by atoms with Crippen LogP contribution in [0.5, 0.6) is 0 Å². The van der Waals surface area contributed by atoms with Gasteiger partial charge in [0.05, 0.1) is 5.02 Å². The van der Waals surface area contributed by atoms with Crippen LogP contribution in [0, 0.1) is 5.82 Å². The summed E-state index contributed by atoms with van der Waals surface area (Å²) in [6.45, 7) is 1.55. The summed E-state index contributed by atoms with van der Waals surface area (Å²) in [7, 11) is 0. The molecule has 0 saturated carbocycles. The molecule has 1 aromatic rings. The second-order valence-corrected chi connectivity index (χ2v) is 4.88. The van der Waals surface area contributed by atoms with Crippen molar-refractivity contribution in [2.45, 2.75) is 13.3 Å². The molecule has 86 valence electrons. The molecule has 0 N–H and O–H groups in total. The summed E-state index contributed by atoms with van der Waals surface area (Å²) in [6, 6.07) is 4.58. The molecule has 0 aliphatic carbocycles. The molecule has 4 heteroatoms. The van der Waals surface area contributed by atoms with Crippen molar-refractivity contribution in [2.75, 3.05) is 5.75 Å². The molecule has 0 unspecified atom stereocenters. The summed E-state index contributed by atoms with van der Waals surface area (Å²) >= 11 is 6.93. The fraction of sp³-hybridized carbons (Fsp3) is 0.250. The molecular formula is C12H12ClFOS. The fourth-order valence-electron chi connectivity index (χ4n) is 1.11. The van der Waals surface area contributed by atoms with Gasteiger partial charge in [0.1, 0.15) is 5.82 Å². The van der Waals surface area contributed by atoms with E-state index in [-0.39, 0.29) is 10.1 Å². The minimum Gasteiger partial charge on any atom is -0.288 e. The van der Waals surface area contributed by atoms with Crippen LogP contribution in [0.2, 0.25) is 5.02 Å². The summed E-state index contributed by atoms with van der Waals surface area (Å²) < 4.78 is 12.8. The van der Waals surface area contributed by atoms with E-state index in [0.29, 0.717) is 0 Å². The van der Waals surface area contributed by atoms with Crippen molar-refractivity contribution in [1.82, 2.24) is 0 Å². The van der Waals surface area contributed by atoms with Gasteiger partial charge in [-0.05, 0) is 24.1 Å². The number of carbonyl (C=O) groups is 1. The maximum atomic E-state index is 12.8. The Labute approximate surface area is 104 Å². The summed E-state index contributed by atoms with van der Waals surface area (Å²) in [6.07, 6.45) is 4.62. The lowest BCUT2D eigenvalue weighted by Gasteiger charge is -1.96. The topological polar surface area (TPSA) is 17.1 Å². The molecule has 1 rings (SSSR count). The Kier molecular flexibility index (Phi) is 5.56. The molecule has 0 radical (unpaired) electrons. The smallest absolute Gasteiger partial charge is 0.185 e. The zero-order chi connectivity index (χ0) is 12.0. The summed E-state index contributed by atoms with van der Waals surface area (Å²) in [5, 5.41) is 0.249. The predicted octanol–water partition coefficient (Wildman–Crippen LogP) is 4.16. The van der Waals surface area contributed by atoms with Gasteiger partial charge in [0, 0.05) is 12.7 Å². The van der Waals surface area contributed by atoms with Crippen molar-refractivity contribution in [3.05, 3.63) is 40.7 Å². The van der Waals surface area contributed by atoms with Gasteiger partial charge in [-0.3, -0.25) is 4.79 Å². The largest absolute Gasteiger partial charge is 0.288 e. The minimum absolute atomic E-state index is 0.123. The Morgan fingerprint density at radius 3 is 2.94 bits per heavy atom. The van der Waals surface area contributed by atoms with Crippen LogP contribution >= 0.6 is 23.4 Å². The van der Waals surface area contributed by atoms with Crippen molar-refractivity contribution in [3.8, 4) is 0 Å². The van der Waals surface area contributed by atoms with Gasteiger partial charge in [-0.25, -0.2) is 4.39 Å². The van der Waals surface area contributed by atoms with Gasteiger partial charge in [0.25, 0.3) is 0 Å². The molecule has 0 aliphatic heterocycles. The van der Waals surface area contributed by atoms with E-state index in [1.165, 1.54) is 17.8 Å². The molecule has 0 spiro atoms. The molecule has 1 nitrogen and oxygen atoms in total. The molecule has 0 saturated heterocycles. The van der Waals surface area contributed by atoms with E-state index in [2.05, 4.69) is 0 Å². The molecule has 16 heavy (non-hydrogen) atoms. The van der Waals surface area contributed by atoms with Gasteiger partial charge in [-0.15, -0.1) is 0 Å². The van der Waals surface area contributed by atoms with Crippen LogP contribution < -0.4 is 0 Å². The van der Waals surface area contributed by atoms with Crippen molar-refractivity contribution < 1.29 is 9.18 Å². The summed E-state index contributed by atoms with van der Waals surface area (Å²) in [5.74, 6) is 0.353. The highest BCUT2D eigenvalue weighted by atomic mass is 35.5. The predicted molar refractivity (Wildman–Crippen MR) is 68.2 cm³/mol. The minimum atomic E-state index is -0.411. The van der Waals surface area contributed by atoms with Gasteiger partial charge in [-0.1, -0.05) is 41.6 Å². The Morgan fingerprint density at radius 1 is 1.56 bits per heavy atom. The van der Waals surface area contributed by atoms with E-state index >= 15 is 0 Å². The van der Waals surface area contributed by atoms with Crippen LogP contribution in [-0.4, -0.2) is 10.9 Å². The number of allylic oxidation sites excluding steroid dienone is 1. The van der Waals surface area contributed by atoms with Gasteiger partial charge in [0.15, 0.2) is 5.12 Å². The first kappa shape index (κ1) is 13.3. The van der Waals surface area contributed by atoms with E-state index in [4.69, 9.17) is 11.6 Å². The van der Waals surface area contributed by atoms with Crippen LogP contribution in [-0.2, 0) is 4.79 Å². The normalized spacial score (nSPS) is 10.9. The zero-order valence-corrected chi connectivity index (χ0v) is 10.4. The third kappa shape index (κ3) is 4.81. The van der Waals surface area contributed by atoms with Crippen molar-refractivity contribution in [1.29, 1.82) is 0 Å². The lowest BCUT2D eigenvalue weighted by Crippen LogP contribution is -1.83. The highest BCUT2D eigenvalue weighted by Gasteiger charge is 1.98. The highest BCUT2D eigenvalue weighted by Crippen LogP contribution is 2.17. The monoisotopic (exact) mass is 258 g/mol. The van der Waals surface area contributed by atoms with Crippen LogP contribution in [0.3, 0.4) is 0 Å². The van der Waals surface area contributed by atoms with Gasteiger partial charge in [-0.2, -0.15) is 0 Å². The maximum Gasteiger partial charge on any atom is 0.185 e. The quantitative estimate of drug-likeness (QED) is 0.755. The van der Waals surface area contributed by atoms with E-state index in [1.807, 2.05) is 12.2 Å². The highest BCUT2D eigenvalue weighted by molar-refractivity contribution is 8.13. The first-order chi connectivity index (χ1) is 7.59. The van der Waals surface area contributed by atoms with E-state index in [9.17, 15) is 9.18 Å². The molecule has 0 amide bonds. The second kappa shape index (κ2) is 6.71. The number of rotatable bonds is 4. The Hall–Kier alpha value is -0.800. The van der Waals surface area contributed by atoms with Crippen LogP contribution in [0.1, 0.15) is 18.9 Å². The number of hydrogen-bond donors (Lipinski definition) is 0. The van der Waals surface area contributed by atoms with E-state index in [1.54, 1.807) is 19.1 Å². The van der Waals surface area contributed by atoms with E-state index in [0.717, 1.165) is 17.7 Å². The van der Waals surface area contributed by atoms with Crippen molar-refractivity contribution >= 4 is 34.6 Å². The van der Waals surface area contributed by atoms with Crippen LogP contribution in [0.25, 0.3) is 6.08 Å². The van der Waals surface area contributed by atoms with Crippen LogP contribution in [0.4, 0.5) is 4.39 Å². The average Bonchev–Trinajstić information content (AvgIpc) is 2.22. The first-order valence-electron chi connectivity index (χ1n) is 4.84. The Balaban J connectivity index is 2.44. The Bertz CT molecular complexity index is 404. The lowest BCUT2D eigenvalue weighted by molar-refractivity contribution is -0.109. The van der Waals surface area contributed by atoms with E-state index < -0.39 is 5.82 Å². The molecule has 0 heterocycles. The SMILES string of the molecule is CC(=O)SCCC=Cc1ccc(F)c(Cl)c1. The van der Waals surface area contributed by atoms with Crippen molar-refractivity contribution in [2.24, 2.45) is 0 Å². The lowest BCUT2D eigenvalue weighted by atomic mass is 10.2. The second-order valence-electron chi connectivity index (χ2n) is 3.20. The molecule has 0 aromatic heterocycles. The summed E-state index contributed by atoms with van der Waals surface area (Å²) in [4.78, 5) is 10.6. The van der Waals surface area contributed by atoms with Gasteiger partial charge >= 0.3 is 0 Å². The number of hydrogen-bond acceptors (Lipinski definition) is 2. The third-order valence-electron chi connectivity index (χ3n) is 1.84. The van der Waals surface area contributed by atoms with Crippen LogP contribution in [0.15, 0.2) is 24.3 Å².